The van der Waals surface area contributed by atoms with Crippen LogP contribution in [0.4, 0.5) is 0 Å². The van der Waals surface area contributed by atoms with Crippen molar-refractivity contribution in [3.63, 3.8) is 0 Å². The molecule has 1 aromatic rings. The van der Waals surface area contributed by atoms with E-state index in [0.29, 0.717) is 5.92 Å². The Morgan fingerprint density at radius 1 is 1.27 bits per heavy atom. The fourth-order valence-electron chi connectivity index (χ4n) is 2.29. The van der Waals surface area contributed by atoms with E-state index in [4.69, 9.17) is 4.74 Å². The van der Waals surface area contributed by atoms with Crippen LogP contribution in [0.2, 0.25) is 0 Å². The van der Waals surface area contributed by atoms with Crippen molar-refractivity contribution in [3.8, 4) is 5.75 Å². The Kier molecular flexibility index (Phi) is 3.27. The minimum atomic E-state index is 0.657. The fraction of sp³-hybridized carbons (Fsp3) is 0.538. The second-order valence-electron chi connectivity index (χ2n) is 4.35. The van der Waals surface area contributed by atoms with Crippen LogP contribution in [0.5, 0.6) is 5.75 Å². The summed E-state index contributed by atoms with van der Waals surface area (Å²) in [6.45, 7) is 4.61. The van der Waals surface area contributed by atoms with Crippen molar-refractivity contribution in [1.29, 1.82) is 0 Å². The Balaban J connectivity index is 2.13. The summed E-state index contributed by atoms with van der Waals surface area (Å²) < 4.78 is 5.17. The quantitative estimate of drug-likeness (QED) is 0.800. The van der Waals surface area contributed by atoms with Crippen LogP contribution < -0.4 is 10.1 Å². The standard InChI is InChI=1S/C13H19NO/c1-10-7-8-14-9-13(10)11-3-5-12(15-2)6-4-11/h3-6,10,13-14H,7-9H2,1-2H3. The van der Waals surface area contributed by atoms with E-state index < -0.39 is 0 Å². The maximum atomic E-state index is 5.17. The van der Waals surface area contributed by atoms with Gasteiger partial charge in [0.25, 0.3) is 0 Å². The van der Waals surface area contributed by atoms with Gasteiger partial charge in [-0.15, -0.1) is 0 Å². The van der Waals surface area contributed by atoms with Gasteiger partial charge in [-0.1, -0.05) is 19.1 Å². The van der Waals surface area contributed by atoms with Crippen LogP contribution in [-0.4, -0.2) is 20.2 Å². The highest BCUT2D eigenvalue weighted by atomic mass is 16.5. The predicted octanol–water partition coefficient (Wildman–Crippen LogP) is 2.41. The molecule has 2 atom stereocenters. The van der Waals surface area contributed by atoms with E-state index in [0.717, 1.165) is 24.8 Å². The highest BCUT2D eigenvalue weighted by Crippen LogP contribution is 2.29. The molecule has 1 aliphatic heterocycles. The van der Waals surface area contributed by atoms with Gasteiger partial charge in [-0.3, -0.25) is 0 Å². The van der Waals surface area contributed by atoms with E-state index in [1.165, 1.54) is 12.0 Å². The third-order valence-electron chi connectivity index (χ3n) is 3.37. The summed E-state index contributed by atoms with van der Waals surface area (Å²) in [6, 6.07) is 8.48. The molecule has 2 heteroatoms. The Hall–Kier alpha value is -1.02. The number of hydrogen-bond acceptors (Lipinski definition) is 2. The van der Waals surface area contributed by atoms with E-state index in [-0.39, 0.29) is 0 Å². The maximum Gasteiger partial charge on any atom is 0.118 e. The molecule has 0 bridgehead atoms. The summed E-state index contributed by atoms with van der Waals surface area (Å²) in [5.74, 6) is 2.37. The first-order valence-corrected chi connectivity index (χ1v) is 5.66. The van der Waals surface area contributed by atoms with Gasteiger partial charge < -0.3 is 10.1 Å². The van der Waals surface area contributed by atoms with Gasteiger partial charge in [0.2, 0.25) is 0 Å². The minimum Gasteiger partial charge on any atom is -0.497 e. The predicted molar refractivity (Wildman–Crippen MR) is 62.4 cm³/mol. The van der Waals surface area contributed by atoms with Crippen molar-refractivity contribution < 1.29 is 4.74 Å². The average molecular weight is 205 g/mol. The Bertz CT molecular complexity index is 307. The van der Waals surface area contributed by atoms with Gasteiger partial charge in [0.05, 0.1) is 7.11 Å². The van der Waals surface area contributed by atoms with E-state index >= 15 is 0 Å². The van der Waals surface area contributed by atoms with Gasteiger partial charge in [-0.25, -0.2) is 0 Å². The van der Waals surface area contributed by atoms with Crippen molar-refractivity contribution in [3.05, 3.63) is 29.8 Å². The van der Waals surface area contributed by atoms with E-state index in [1.807, 2.05) is 0 Å². The summed E-state index contributed by atoms with van der Waals surface area (Å²) in [4.78, 5) is 0. The number of benzene rings is 1. The Morgan fingerprint density at radius 2 is 2.00 bits per heavy atom. The van der Waals surface area contributed by atoms with Gasteiger partial charge >= 0.3 is 0 Å². The van der Waals surface area contributed by atoms with Crippen molar-refractivity contribution in [2.24, 2.45) is 5.92 Å². The van der Waals surface area contributed by atoms with Crippen LogP contribution in [0.25, 0.3) is 0 Å². The van der Waals surface area contributed by atoms with Gasteiger partial charge in [0.15, 0.2) is 0 Å². The molecule has 1 heterocycles. The lowest BCUT2D eigenvalue weighted by Crippen LogP contribution is -2.33. The van der Waals surface area contributed by atoms with E-state index in [9.17, 15) is 0 Å². The summed E-state index contributed by atoms with van der Waals surface area (Å²) in [5, 5.41) is 3.46. The van der Waals surface area contributed by atoms with Crippen molar-refractivity contribution in [1.82, 2.24) is 5.32 Å². The van der Waals surface area contributed by atoms with Crippen molar-refractivity contribution in [2.75, 3.05) is 20.2 Å². The van der Waals surface area contributed by atoms with E-state index in [2.05, 4.69) is 36.5 Å². The summed E-state index contributed by atoms with van der Waals surface area (Å²) >= 11 is 0. The molecule has 0 saturated carbocycles. The second-order valence-corrected chi connectivity index (χ2v) is 4.35. The third kappa shape index (κ3) is 2.32. The molecule has 0 aliphatic carbocycles. The zero-order valence-corrected chi connectivity index (χ0v) is 9.49. The number of ether oxygens (including phenoxy) is 1. The number of nitrogens with one attached hydrogen (secondary N) is 1. The Morgan fingerprint density at radius 3 is 2.60 bits per heavy atom. The fourth-order valence-corrected chi connectivity index (χ4v) is 2.29. The van der Waals surface area contributed by atoms with Crippen molar-refractivity contribution in [2.45, 2.75) is 19.3 Å². The number of hydrogen-bond donors (Lipinski definition) is 1. The molecule has 1 aromatic carbocycles. The number of rotatable bonds is 2. The van der Waals surface area contributed by atoms with Crippen LogP contribution in [0.1, 0.15) is 24.8 Å². The lowest BCUT2D eigenvalue weighted by Gasteiger charge is -2.29. The largest absolute Gasteiger partial charge is 0.497 e. The zero-order chi connectivity index (χ0) is 10.7. The average Bonchev–Trinajstić information content (AvgIpc) is 2.30. The molecule has 82 valence electrons. The molecular weight excluding hydrogens is 186 g/mol. The van der Waals surface area contributed by atoms with Crippen molar-refractivity contribution >= 4 is 0 Å². The summed E-state index contributed by atoms with van der Waals surface area (Å²) in [7, 11) is 1.71. The normalized spacial score (nSPS) is 26.3. The first-order valence-electron chi connectivity index (χ1n) is 5.66. The van der Waals surface area contributed by atoms with Crippen LogP contribution in [0.15, 0.2) is 24.3 Å². The Labute approximate surface area is 91.6 Å². The number of methoxy groups -OCH3 is 1. The second kappa shape index (κ2) is 4.67. The molecule has 2 unspecified atom stereocenters. The minimum absolute atomic E-state index is 0.657. The molecule has 15 heavy (non-hydrogen) atoms. The topological polar surface area (TPSA) is 21.3 Å². The smallest absolute Gasteiger partial charge is 0.118 e. The summed E-state index contributed by atoms with van der Waals surface area (Å²) in [6.07, 6.45) is 1.27. The van der Waals surface area contributed by atoms with Crippen LogP contribution in [-0.2, 0) is 0 Å². The molecule has 0 amide bonds. The highest BCUT2D eigenvalue weighted by Gasteiger charge is 2.22. The molecule has 0 aromatic heterocycles. The first-order chi connectivity index (χ1) is 7.31. The first kappa shape index (κ1) is 10.5. The molecule has 1 fully saturated rings. The molecular formula is C13H19NO. The SMILES string of the molecule is COc1ccc(C2CNCCC2C)cc1. The zero-order valence-electron chi connectivity index (χ0n) is 9.49. The van der Waals surface area contributed by atoms with Gasteiger partial charge in [0.1, 0.15) is 5.75 Å². The molecule has 2 rings (SSSR count). The molecule has 2 nitrogen and oxygen atoms in total. The van der Waals surface area contributed by atoms with Gasteiger partial charge in [0, 0.05) is 6.54 Å². The summed E-state index contributed by atoms with van der Waals surface area (Å²) in [5.41, 5.74) is 1.43. The molecule has 1 aliphatic rings. The van der Waals surface area contributed by atoms with Crippen LogP contribution in [0, 0.1) is 5.92 Å². The highest BCUT2D eigenvalue weighted by molar-refractivity contribution is 5.30. The van der Waals surface area contributed by atoms with Crippen LogP contribution in [0.3, 0.4) is 0 Å². The number of piperidine rings is 1. The van der Waals surface area contributed by atoms with Gasteiger partial charge in [-0.2, -0.15) is 0 Å². The lowest BCUT2D eigenvalue weighted by molar-refractivity contribution is 0.347. The molecule has 0 spiro atoms. The van der Waals surface area contributed by atoms with Crippen LogP contribution >= 0.6 is 0 Å². The maximum absolute atomic E-state index is 5.17. The third-order valence-corrected chi connectivity index (χ3v) is 3.37. The monoisotopic (exact) mass is 205 g/mol. The lowest BCUT2D eigenvalue weighted by atomic mass is 9.83. The van der Waals surface area contributed by atoms with E-state index in [1.54, 1.807) is 7.11 Å². The van der Waals surface area contributed by atoms with Gasteiger partial charge in [-0.05, 0) is 42.5 Å². The molecule has 1 saturated heterocycles. The molecule has 1 N–H and O–H groups in total. The molecule has 0 radical (unpaired) electrons.